The number of hydrogen-bond acceptors (Lipinski definition) is 5. The topological polar surface area (TPSA) is 88.3 Å². The molecule has 1 fully saturated rings. The Bertz CT molecular complexity index is 674. The van der Waals surface area contributed by atoms with Crippen molar-refractivity contribution in [2.45, 2.75) is 25.3 Å². The van der Waals surface area contributed by atoms with Gasteiger partial charge in [-0.3, -0.25) is 10.1 Å². The van der Waals surface area contributed by atoms with Gasteiger partial charge in [0.05, 0.1) is 4.92 Å². The molecule has 0 aliphatic heterocycles. The van der Waals surface area contributed by atoms with E-state index < -0.39 is 4.92 Å². The second kappa shape index (κ2) is 5.65. The highest BCUT2D eigenvalue weighted by Crippen LogP contribution is 2.33. The van der Waals surface area contributed by atoms with Gasteiger partial charge in [-0.15, -0.1) is 0 Å². The van der Waals surface area contributed by atoms with Gasteiger partial charge in [0.2, 0.25) is 0 Å². The van der Waals surface area contributed by atoms with Crippen molar-refractivity contribution in [2.24, 2.45) is 5.92 Å². The third-order valence-electron chi connectivity index (χ3n) is 4.18. The Kier molecular flexibility index (Phi) is 3.70. The van der Waals surface area contributed by atoms with Gasteiger partial charge in [0.25, 0.3) is 5.69 Å². The lowest BCUT2D eigenvalue weighted by Gasteiger charge is -2.21. The van der Waals surface area contributed by atoms with Gasteiger partial charge in [-0.25, -0.2) is 4.98 Å². The van der Waals surface area contributed by atoms with Gasteiger partial charge in [0, 0.05) is 41.9 Å². The Morgan fingerprint density at radius 1 is 1.38 bits per heavy atom. The summed E-state index contributed by atoms with van der Waals surface area (Å²) in [5.74, 6) is 0.243. The Morgan fingerprint density at radius 2 is 2.24 bits per heavy atom. The summed E-state index contributed by atoms with van der Waals surface area (Å²) in [5.41, 5.74) is 1.25. The van der Waals surface area contributed by atoms with Gasteiger partial charge in [-0.2, -0.15) is 0 Å². The van der Waals surface area contributed by atoms with Crippen molar-refractivity contribution in [3.8, 4) is 0 Å². The first-order chi connectivity index (χ1) is 10.2. The molecule has 1 aromatic carbocycles. The smallest absolute Gasteiger partial charge is 0.295 e. The molecule has 2 aromatic rings. The molecule has 3 rings (SSSR count). The molecule has 0 amide bonds. The SMILES string of the molecule is O=[N+]([O-])c1ccc(NC2CCCC2CO)c2cccnc12. The van der Waals surface area contributed by atoms with Gasteiger partial charge < -0.3 is 10.4 Å². The Morgan fingerprint density at radius 3 is 3.00 bits per heavy atom. The lowest BCUT2D eigenvalue weighted by Crippen LogP contribution is -2.26. The molecule has 1 aliphatic rings. The summed E-state index contributed by atoms with van der Waals surface area (Å²) in [7, 11) is 0. The number of aromatic nitrogens is 1. The van der Waals surface area contributed by atoms with Gasteiger partial charge in [0.1, 0.15) is 5.52 Å². The third-order valence-corrected chi connectivity index (χ3v) is 4.18. The molecular weight excluding hydrogens is 270 g/mol. The second-order valence-electron chi connectivity index (χ2n) is 5.41. The predicted octanol–water partition coefficient (Wildman–Crippen LogP) is 2.72. The molecule has 21 heavy (non-hydrogen) atoms. The number of pyridine rings is 1. The number of rotatable bonds is 4. The first kappa shape index (κ1) is 13.8. The molecule has 0 bridgehead atoms. The molecule has 6 nitrogen and oxygen atoms in total. The van der Waals surface area contributed by atoms with E-state index >= 15 is 0 Å². The van der Waals surface area contributed by atoms with Crippen LogP contribution in [0.1, 0.15) is 19.3 Å². The highest BCUT2D eigenvalue weighted by Gasteiger charge is 2.27. The zero-order valence-corrected chi connectivity index (χ0v) is 11.5. The van der Waals surface area contributed by atoms with E-state index in [2.05, 4.69) is 10.3 Å². The molecule has 2 N–H and O–H groups in total. The number of non-ortho nitro benzene ring substituents is 1. The van der Waals surface area contributed by atoms with E-state index in [0.29, 0.717) is 5.52 Å². The molecule has 0 saturated heterocycles. The average molecular weight is 287 g/mol. The number of nitrogens with zero attached hydrogens (tertiary/aromatic N) is 2. The maximum absolute atomic E-state index is 11.1. The van der Waals surface area contributed by atoms with Crippen LogP contribution in [0.2, 0.25) is 0 Å². The van der Waals surface area contributed by atoms with E-state index in [1.54, 1.807) is 18.3 Å². The monoisotopic (exact) mass is 287 g/mol. The van der Waals surface area contributed by atoms with Crippen LogP contribution >= 0.6 is 0 Å². The molecule has 6 heteroatoms. The summed E-state index contributed by atoms with van der Waals surface area (Å²) in [6.45, 7) is 0.167. The highest BCUT2D eigenvalue weighted by atomic mass is 16.6. The van der Waals surface area contributed by atoms with Crippen molar-refractivity contribution in [1.29, 1.82) is 0 Å². The van der Waals surface area contributed by atoms with Crippen molar-refractivity contribution in [3.05, 3.63) is 40.6 Å². The molecule has 1 aromatic heterocycles. The van der Waals surface area contributed by atoms with E-state index in [-0.39, 0.29) is 24.3 Å². The molecule has 0 spiro atoms. The summed E-state index contributed by atoms with van der Waals surface area (Å²) >= 11 is 0. The maximum atomic E-state index is 11.1. The molecule has 2 unspecified atom stereocenters. The van der Waals surface area contributed by atoms with Crippen LogP contribution in [0, 0.1) is 16.0 Å². The van der Waals surface area contributed by atoms with Gasteiger partial charge in [-0.05, 0) is 31.0 Å². The second-order valence-corrected chi connectivity index (χ2v) is 5.41. The quantitative estimate of drug-likeness (QED) is 0.666. The fourth-order valence-corrected chi connectivity index (χ4v) is 3.08. The number of benzene rings is 1. The van der Waals surface area contributed by atoms with Gasteiger partial charge >= 0.3 is 0 Å². The lowest BCUT2D eigenvalue weighted by molar-refractivity contribution is -0.383. The van der Waals surface area contributed by atoms with Crippen molar-refractivity contribution in [1.82, 2.24) is 4.98 Å². The first-order valence-electron chi connectivity index (χ1n) is 7.10. The van der Waals surface area contributed by atoms with E-state index in [9.17, 15) is 15.2 Å². The maximum Gasteiger partial charge on any atom is 0.295 e. The largest absolute Gasteiger partial charge is 0.396 e. The number of aliphatic hydroxyl groups is 1. The zero-order chi connectivity index (χ0) is 14.8. The number of nitrogens with one attached hydrogen (secondary N) is 1. The van der Waals surface area contributed by atoms with Crippen molar-refractivity contribution >= 4 is 22.3 Å². The summed E-state index contributed by atoms with van der Waals surface area (Å²) in [6.07, 6.45) is 4.67. The minimum Gasteiger partial charge on any atom is -0.396 e. The molecule has 1 aliphatic carbocycles. The van der Waals surface area contributed by atoms with E-state index in [0.717, 1.165) is 30.3 Å². The van der Waals surface area contributed by atoms with Gasteiger partial charge in [0.15, 0.2) is 0 Å². The lowest BCUT2D eigenvalue weighted by atomic mass is 10.0. The average Bonchev–Trinajstić information content (AvgIpc) is 2.94. The minimum absolute atomic E-state index is 0.0151. The van der Waals surface area contributed by atoms with Crippen LogP contribution < -0.4 is 5.32 Å². The Labute approximate surface area is 122 Å². The van der Waals surface area contributed by atoms with E-state index in [1.807, 2.05) is 6.07 Å². The molecule has 2 atom stereocenters. The number of hydrogen-bond donors (Lipinski definition) is 2. The highest BCUT2D eigenvalue weighted by molar-refractivity contribution is 5.97. The minimum atomic E-state index is -0.411. The van der Waals surface area contributed by atoms with E-state index in [1.165, 1.54) is 6.07 Å². The van der Waals surface area contributed by atoms with Crippen molar-refractivity contribution in [2.75, 3.05) is 11.9 Å². The van der Waals surface area contributed by atoms with Crippen LogP contribution in [-0.2, 0) is 0 Å². The molecular formula is C15H17N3O3. The van der Waals surface area contributed by atoms with Crippen LogP contribution in [0.25, 0.3) is 10.9 Å². The Balaban J connectivity index is 2.00. The van der Waals surface area contributed by atoms with Crippen molar-refractivity contribution < 1.29 is 10.0 Å². The fourth-order valence-electron chi connectivity index (χ4n) is 3.08. The molecule has 1 saturated carbocycles. The number of aliphatic hydroxyl groups excluding tert-OH is 1. The standard InChI is InChI=1S/C15H17N3O3/c19-9-10-3-1-5-12(10)17-13-6-7-14(18(20)21)15-11(13)4-2-8-16-15/h2,4,6-8,10,12,17,19H,1,3,5,9H2. The van der Waals surface area contributed by atoms with Crippen LogP contribution in [0.4, 0.5) is 11.4 Å². The molecule has 110 valence electrons. The third kappa shape index (κ3) is 2.54. The predicted molar refractivity (Wildman–Crippen MR) is 80.2 cm³/mol. The number of nitro benzene ring substituents is 1. The number of fused-ring (bicyclic) bond motifs is 1. The number of nitro groups is 1. The summed E-state index contributed by atoms with van der Waals surface area (Å²) in [5, 5.41) is 24.7. The van der Waals surface area contributed by atoms with Gasteiger partial charge in [-0.1, -0.05) is 6.42 Å². The Hall–Kier alpha value is -2.21. The van der Waals surface area contributed by atoms with Crippen LogP contribution in [0.3, 0.4) is 0 Å². The van der Waals surface area contributed by atoms with Crippen LogP contribution in [0.15, 0.2) is 30.5 Å². The normalized spacial score (nSPS) is 21.6. The zero-order valence-electron chi connectivity index (χ0n) is 11.5. The molecule has 1 heterocycles. The summed E-state index contributed by atoms with van der Waals surface area (Å²) < 4.78 is 0. The number of anilines is 1. The van der Waals surface area contributed by atoms with Crippen LogP contribution in [0.5, 0.6) is 0 Å². The van der Waals surface area contributed by atoms with Crippen molar-refractivity contribution in [3.63, 3.8) is 0 Å². The fraction of sp³-hybridized carbons (Fsp3) is 0.400. The molecule has 0 radical (unpaired) electrons. The summed E-state index contributed by atoms with van der Waals surface area (Å²) in [4.78, 5) is 14.8. The van der Waals surface area contributed by atoms with Crippen LogP contribution in [-0.4, -0.2) is 27.7 Å². The summed E-state index contributed by atoms with van der Waals surface area (Å²) in [6, 6.07) is 7.03. The first-order valence-corrected chi connectivity index (χ1v) is 7.10. The van der Waals surface area contributed by atoms with E-state index in [4.69, 9.17) is 0 Å².